The molecule has 0 spiro atoms. The quantitative estimate of drug-likeness (QED) is 0.919. The number of halogens is 1. The largest absolute Gasteiger partial charge is 0.334 e. The van der Waals surface area contributed by atoms with Crippen LogP contribution in [0.5, 0.6) is 0 Å². The second-order valence-corrected chi connectivity index (χ2v) is 6.08. The summed E-state index contributed by atoms with van der Waals surface area (Å²) in [7, 11) is 0. The van der Waals surface area contributed by atoms with Crippen molar-refractivity contribution in [2.24, 2.45) is 5.73 Å². The van der Waals surface area contributed by atoms with Gasteiger partial charge in [-0.1, -0.05) is 6.07 Å². The maximum absolute atomic E-state index is 12.8. The van der Waals surface area contributed by atoms with Crippen molar-refractivity contribution >= 4 is 29.9 Å². The third-order valence-corrected chi connectivity index (χ3v) is 4.64. The molecule has 23 heavy (non-hydrogen) atoms. The molecule has 2 amide bonds. The first kappa shape index (κ1) is 17.8. The van der Waals surface area contributed by atoms with Crippen LogP contribution >= 0.6 is 12.4 Å². The van der Waals surface area contributed by atoms with E-state index in [0.717, 1.165) is 44.5 Å². The van der Waals surface area contributed by atoms with Gasteiger partial charge in [-0.25, -0.2) is 0 Å². The number of piperidine rings is 1. The maximum Gasteiger partial charge on any atom is 0.254 e. The van der Waals surface area contributed by atoms with Gasteiger partial charge in [-0.05, 0) is 43.9 Å². The van der Waals surface area contributed by atoms with Gasteiger partial charge in [0, 0.05) is 43.3 Å². The first-order valence-electron chi connectivity index (χ1n) is 8.12. The number of amides is 2. The zero-order valence-corrected chi connectivity index (χ0v) is 14.1. The Morgan fingerprint density at radius 2 is 2.04 bits per heavy atom. The molecule has 0 saturated carbocycles. The summed E-state index contributed by atoms with van der Waals surface area (Å²) in [6.07, 6.45) is 4.63. The highest BCUT2D eigenvalue weighted by Crippen LogP contribution is 2.24. The molecule has 0 radical (unpaired) electrons. The fraction of sp³-hybridized carbons (Fsp3) is 0.529. The highest BCUT2D eigenvalue weighted by atomic mass is 35.5. The number of benzene rings is 1. The molecule has 5 nitrogen and oxygen atoms in total. The Labute approximate surface area is 143 Å². The van der Waals surface area contributed by atoms with Crippen molar-refractivity contribution in [2.75, 3.05) is 24.5 Å². The standard InChI is InChI=1S/C17H23N3O2.ClH/c18-12-15-6-1-2-9-20(15)17(22)13-5-3-7-14(11-13)19-10-4-8-16(19)21;/h3,5,7,11,15H,1-2,4,6,8-10,12,18H2;1H. The summed E-state index contributed by atoms with van der Waals surface area (Å²) in [5.74, 6) is 0.172. The van der Waals surface area contributed by atoms with E-state index >= 15 is 0 Å². The minimum absolute atomic E-state index is 0. The van der Waals surface area contributed by atoms with Crippen LogP contribution in [0.2, 0.25) is 0 Å². The van der Waals surface area contributed by atoms with E-state index in [0.29, 0.717) is 18.5 Å². The smallest absolute Gasteiger partial charge is 0.254 e. The molecule has 2 N–H and O–H groups in total. The molecule has 2 heterocycles. The van der Waals surface area contributed by atoms with Crippen LogP contribution < -0.4 is 10.6 Å². The Balaban J connectivity index is 0.00000192. The molecule has 2 aliphatic rings. The third-order valence-electron chi connectivity index (χ3n) is 4.64. The van der Waals surface area contributed by atoms with E-state index in [-0.39, 0.29) is 30.3 Å². The van der Waals surface area contributed by atoms with Gasteiger partial charge in [0.2, 0.25) is 5.91 Å². The molecule has 1 atom stereocenters. The minimum Gasteiger partial charge on any atom is -0.334 e. The second kappa shape index (κ2) is 7.79. The van der Waals surface area contributed by atoms with E-state index < -0.39 is 0 Å². The van der Waals surface area contributed by atoms with Crippen LogP contribution in [-0.4, -0.2) is 42.4 Å². The van der Waals surface area contributed by atoms with Crippen molar-refractivity contribution < 1.29 is 9.59 Å². The number of likely N-dealkylation sites (tertiary alicyclic amines) is 1. The van der Waals surface area contributed by atoms with Crippen LogP contribution in [0.3, 0.4) is 0 Å². The molecule has 1 aromatic carbocycles. The summed E-state index contributed by atoms with van der Waals surface area (Å²) in [5.41, 5.74) is 7.29. The lowest BCUT2D eigenvalue weighted by atomic mass is 10.0. The van der Waals surface area contributed by atoms with Crippen molar-refractivity contribution in [3.8, 4) is 0 Å². The molecule has 3 rings (SSSR count). The first-order valence-corrected chi connectivity index (χ1v) is 8.12. The predicted molar refractivity (Wildman–Crippen MR) is 93.0 cm³/mol. The van der Waals surface area contributed by atoms with E-state index in [1.807, 2.05) is 29.2 Å². The van der Waals surface area contributed by atoms with Crippen molar-refractivity contribution in [1.82, 2.24) is 4.90 Å². The fourth-order valence-corrected chi connectivity index (χ4v) is 3.41. The van der Waals surface area contributed by atoms with Gasteiger partial charge >= 0.3 is 0 Å². The molecule has 126 valence electrons. The predicted octanol–water partition coefficient (Wildman–Crippen LogP) is 2.19. The van der Waals surface area contributed by atoms with Crippen LogP contribution in [0.15, 0.2) is 24.3 Å². The van der Waals surface area contributed by atoms with Crippen LogP contribution in [0, 0.1) is 0 Å². The average Bonchev–Trinajstić information content (AvgIpc) is 3.00. The van der Waals surface area contributed by atoms with Gasteiger partial charge in [0.05, 0.1) is 0 Å². The first-order chi connectivity index (χ1) is 10.7. The summed E-state index contributed by atoms with van der Waals surface area (Å²) >= 11 is 0. The SMILES string of the molecule is Cl.NCC1CCCCN1C(=O)c1cccc(N2CCCC2=O)c1. The Bertz CT molecular complexity index is 579. The van der Waals surface area contributed by atoms with E-state index in [1.165, 1.54) is 0 Å². The Morgan fingerprint density at radius 1 is 1.22 bits per heavy atom. The van der Waals surface area contributed by atoms with E-state index in [2.05, 4.69) is 0 Å². The maximum atomic E-state index is 12.8. The fourth-order valence-electron chi connectivity index (χ4n) is 3.41. The number of hydrogen-bond acceptors (Lipinski definition) is 3. The second-order valence-electron chi connectivity index (χ2n) is 6.08. The Hall–Kier alpha value is -1.59. The minimum atomic E-state index is 0. The molecule has 1 unspecified atom stereocenters. The van der Waals surface area contributed by atoms with Crippen LogP contribution in [0.25, 0.3) is 0 Å². The number of carbonyl (C=O) groups is 2. The molecule has 2 aliphatic heterocycles. The number of carbonyl (C=O) groups excluding carboxylic acids is 2. The molecular formula is C17H24ClN3O2. The molecular weight excluding hydrogens is 314 g/mol. The summed E-state index contributed by atoms with van der Waals surface area (Å²) in [6.45, 7) is 2.02. The molecule has 2 fully saturated rings. The highest BCUT2D eigenvalue weighted by Gasteiger charge is 2.27. The van der Waals surface area contributed by atoms with Crippen molar-refractivity contribution in [2.45, 2.75) is 38.1 Å². The highest BCUT2D eigenvalue weighted by molar-refractivity contribution is 5.99. The summed E-state index contributed by atoms with van der Waals surface area (Å²) in [5, 5.41) is 0. The van der Waals surface area contributed by atoms with Gasteiger partial charge in [-0.3, -0.25) is 9.59 Å². The number of anilines is 1. The van der Waals surface area contributed by atoms with Crippen molar-refractivity contribution in [3.63, 3.8) is 0 Å². The van der Waals surface area contributed by atoms with Crippen LogP contribution in [0.1, 0.15) is 42.5 Å². The Morgan fingerprint density at radius 3 is 2.74 bits per heavy atom. The zero-order chi connectivity index (χ0) is 15.5. The van der Waals surface area contributed by atoms with Gasteiger partial charge in [0.15, 0.2) is 0 Å². The monoisotopic (exact) mass is 337 g/mol. The Kier molecular flexibility index (Phi) is 6.02. The van der Waals surface area contributed by atoms with Crippen LogP contribution in [0.4, 0.5) is 5.69 Å². The van der Waals surface area contributed by atoms with Gasteiger partial charge < -0.3 is 15.5 Å². The lowest BCUT2D eigenvalue weighted by molar-refractivity contribution is -0.117. The average molecular weight is 338 g/mol. The molecule has 0 aromatic heterocycles. The molecule has 0 bridgehead atoms. The summed E-state index contributed by atoms with van der Waals surface area (Å²) in [6, 6.07) is 7.56. The number of nitrogens with zero attached hydrogens (tertiary/aromatic N) is 2. The lowest BCUT2D eigenvalue weighted by Gasteiger charge is -2.35. The molecule has 0 aliphatic carbocycles. The van der Waals surface area contributed by atoms with Gasteiger partial charge in [-0.15, -0.1) is 12.4 Å². The molecule has 6 heteroatoms. The van der Waals surface area contributed by atoms with Crippen LogP contribution in [-0.2, 0) is 4.79 Å². The molecule has 2 saturated heterocycles. The number of nitrogens with two attached hydrogens (primary N) is 1. The van der Waals surface area contributed by atoms with E-state index in [4.69, 9.17) is 5.73 Å². The van der Waals surface area contributed by atoms with Gasteiger partial charge in [0.25, 0.3) is 5.91 Å². The van der Waals surface area contributed by atoms with Gasteiger partial charge in [0.1, 0.15) is 0 Å². The normalized spacial score (nSPS) is 21.3. The lowest BCUT2D eigenvalue weighted by Crippen LogP contribution is -2.47. The van der Waals surface area contributed by atoms with Gasteiger partial charge in [-0.2, -0.15) is 0 Å². The third kappa shape index (κ3) is 3.67. The zero-order valence-electron chi connectivity index (χ0n) is 13.2. The molecule has 1 aromatic rings. The van der Waals surface area contributed by atoms with E-state index in [1.54, 1.807) is 4.90 Å². The van der Waals surface area contributed by atoms with Crippen molar-refractivity contribution in [3.05, 3.63) is 29.8 Å². The summed E-state index contributed by atoms with van der Waals surface area (Å²) in [4.78, 5) is 28.3. The summed E-state index contributed by atoms with van der Waals surface area (Å²) < 4.78 is 0. The van der Waals surface area contributed by atoms with Crippen molar-refractivity contribution in [1.29, 1.82) is 0 Å². The van der Waals surface area contributed by atoms with E-state index in [9.17, 15) is 9.59 Å². The number of rotatable bonds is 3. The number of hydrogen-bond donors (Lipinski definition) is 1. The topological polar surface area (TPSA) is 66.6 Å².